The van der Waals surface area contributed by atoms with Crippen molar-refractivity contribution in [2.75, 3.05) is 5.32 Å². The lowest BCUT2D eigenvalue weighted by Gasteiger charge is -2.25. The number of hydrogen-bond donors (Lipinski definition) is 2. The van der Waals surface area contributed by atoms with E-state index in [1.54, 1.807) is 10.6 Å². The summed E-state index contributed by atoms with van der Waals surface area (Å²) in [5.74, 6) is -0.616. The summed E-state index contributed by atoms with van der Waals surface area (Å²) in [5, 5.41) is 13.5. The number of aliphatic carboxylic acids is 1. The Kier molecular flexibility index (Phi) is 4.30. The second-order valence-corrected chi connectivity index (χ2v) is 7.12. The predicted molar refractivity (Wildman–Crippen MR) is 100 cm³/mol. The van der Waals surface area contributed by atoms with Crippen LogP contribution in [0.2, 0.25) is 0 Å². The van der Waals surface area contributed by atoms with E-state index in [2.05, 4.69) is 15.3 Å². The van der Waals surface area contributed by atoms with Gasteiger partial charge in [-0.3, -0.25) is 4.79 Å². The average Bonchev–Trinajstić information content (AvgIpc) is 2.86. The van der Waals surface area contributed by atoms with Crippen LogP contribution in [0.1, 0.15) is 29.1 Å². The normalized spacial score (nSPS) is 16.3. The number of fused-ring (bicyclic) bond motifs is 3. The van der Waals surface area contributed by atoms with Gasteiger partial charge in [-0.25, -0.2) is 14.4 Å². The summed E-state index contributed by atoms with van der Waals surface area (Å²) in [6, 6.07) is 6.59. The molecule has 1 aliphatic carbocycles. The van der Waals surface area contributed by atoms with Crippen molar-refractivity contribution in [1.29, 1.82) is 0 Å². The van der Waals surface area contributed by atoms with Gasteiger partial charge in [0.05, 0.1) is 0 Å². The maximum absolute atomic E-state index is 13.9. The van der Waals surface area contributed by atoms with E-state index >= 15 is 0 Å². The summed E-state index contributed by atoms with van der Waals surface area (Å²) in [4.78, 5) is 20.2. The van der Waals surface area contributed by atoms with Gasteiger partial charge >= 0.3 is 5.97 Å². The monoisotopic (exact) mass is 368 g/mol. The molecule has 2 aromatic heterocycles. The molecule has 1 aromatic carbocycles. The molecule has 1 atom stereocenters. The first-order valence-corrected chi connectivity index (χ1v) is 9.01. The van der Waals surface area contributed by atoms with Crippen molar-refractivity contribution in [2.45, 2.75) is 45.7 Å². The van der Waals surface area contributed by atoms with Gasteiger partial charge in [0.25, 0.3) is 0 Å². The van der Waals surface area contributed by atoms with E-state index in [4.69, 9.17) is 0 Å². The second kappa shape index (κ2) is 6.64. The second-order valence-electron chi connectivity index (χ2n) is 7.12. The third-order valence-corrected chi connectivity index (χ3v) is 5.04. The maximum Gasteiger partial charge on any atom is 0.323 e. The predicted octanol–water partition coefficient (Wildman–Crippen LogP) is 3.24. The molecule has 0 radical (unpaired) electrons. The number of aryl methyl sites for hydroxylation is 2. The van der Waals surface area contributed by atoms with E-state index in [-0.39, 0.29) is 18.4 Å². The van der Waals surface area contributed by atoms with Crippen LogP contribution in [0.25, 0.3) is 10.9 Å². The van der Waals surface area contributed by atoms with Crippen LogP contribution in [0.4, 0.5) is 10.3 Å². The van der Waals surface area contributed by atoms with Gasteiger partial charge in [-0.2, -0.15) is 0 Å². The Morgan fingerprint density at radius 1 is 1.30 bits per heavy atom. The lowest BCUT2D eigenvalue weighted by atomic mass is 9.91. The number of anilines is 1. The molecular formula is C20H21FN4O2. The quantitative estimate of drug-likeness (QED) is 0.739. The minimum Gasteiger partial charge on any atom is -0.480 e. The Hall–Kier alpha value is -2.96. The molecule has 0 spiro atoms. The van der Waals surface area contributed by atoms with E-state index in [9.17, 15) is 14.3 Å². The van der Waals surface area contributed by atoms with Crippen LogP contribution < -0.4 is 5.32 Å². The van der Waals surface area contributed by atoms with E-state index in [0.717, 1.165) is 46.4 Å². The molecule has 3 aromatic rings. The number of benzene rings is 1. The van der Waals surface area contributed by atoms with Crippen LogP contribution in [0.3, 0.4) is 0 Å². The number of rotatable bonds is 4. The highest BCUT2D eigenvalue weighted by atomic mass is 19.1. The number of nitrogens with one attached hydrogen (secondary N) is 1. The van der Waals surface area contributed by atoms with Crippen LogP contribution in [-0.4, -0.2) is 31.7 Å². The van der Waals surface area contributed by atoms with E-state index in [1.807, 2.05) is 19.9 Å². The van der Waals surface area contributed by atoms with Crippen molar-refractivity contribution < 1.29 is 14.3 Å². The fraction of sp³-hybridized carbons (Fsp3) is 0.350. The first-order chi connectivity index (χ1) is 12.9. The van der Waals surface area contributed by atoms with Gasteiger partial charge in [-0.1, -0.05) is 0 Å². The topological polar surface area (TPSA) is 80.0 Å². The fourth-order valence-electron chi connectivity index (χ4n) is 4.03. The first kappa shape index (κ1) is 17.5. The minimum absolute atomic E-state index is 0.115. The van der Waals surface area contributed by atoms with Gasteiger partial charge in [0.1, 0.15) is 12.4 Å². The third kappa shape index (κ3) is 3.37. The molecule has 1 unspecified atom stereocenters. The number of nitrogens with zero attached hydrogens (tertiary/aromatic N) is 3. The Morgan fingerprint density at radius 2 is 2.04 bits per heavy atom. The summed E-state index contributed by atoms with van der Waals surface area (Å²) < 4.78 is 15.7. The van der Waals surface area contributed by atoms with Crippen LogP contribution in [0, 0.1) is 19.7 Å². The van der Waals surface area contributed by atoms with E-state index < -0.39 is 5.97 Å². The summed E-state index contributed by atoms with van der Waals surface area (Å²) in [6.07, 6.45) is 2.24. The molecule has 27 heavy (non-hydrogen) atoms. The standard InChI is InChI=1S/C20H21FN4O2/c1-11-7-12(2)23-20(22-11)24-14-4-6-18-16(9-14)15-8-13(21)3-5-17(15)25(18)10-19(26)27/h3,5,7-8,14H,4,6,9-10H2,1-2H3,(H,26,27)(H,22,23,24). The summed E-state index contributed by atoms with van der Waals surface area (Å²) >= 11 is 0. The number of aromatic nitrogens is 3. The van der Waals surface area contributed by atoms with Crippen molar-refractivity contribution in [3.63, 3.8) is 0 Å². The Bertz CT molecular complexity index is 1020. The first-order valence-electron chi connectivity index (χ1n) is 9.01. The van der Waals surface area contributed by atoms with Crippen LogP contribution in [0.15, 0.2) is 24.3 Å². The number of carboxylic acid groups (broad SMARTS) is 1. The number of halogens is 1. The van der Waals surface area contributed by atoms with Gasteiger partial charge in [-0.05, 0) is 62.9 Å². The highest BCUT2D eigenvalue weighted by Gasteiger charge is 2.26. The molecule has 0 fully saturated rings. The third-order valence-electron chi connectivity index (χ3n) is 5.04. The van der Waals surface area contributed by atoms with Crippen molar-refractivity contribution >= 4 is 22.8 Å². The molecule has 2 N–H and O–H groups in total. The zero-order valence-electron chi connectivity index (χ0n) is 15.3. The molecular weight excluding hydrogens is 347 g/mol. The smallest absolute Gasteiger partial charge is 0.323 e. The average molecular weight is 368 g/mol. The molecule has 0 bridgehead atoms. The largest absolute Gasteiger partial charge is 0.480 e. The van der Waals surface area contributed by atoms with Crippen molar-refractivity contribution in [1.82, 2.24) is 14.5 Å². The van der Waals surface area contributed by atoms with Crippen LogP contribution in [0.5, 0.6) is 0 Å². The molecule has 1 aliphatic rings. The highest BCUT2D eigenvalue weighted by molar-refractivity contribution is 5.87. The van der Waals surface area contributed by atoms with E-state index in [1.165, 1.54) is 12.1 Å². The number of carbonyl (C=O) groups is 1. The summed E-state index contributed by atoms with van der Waals surface area (Å²) in [5.41, 5.74) is 4.58. The fourth-order valence-corrected chi connectivity index (χ4v) is 4.03. The van der Waals surface area contributed by atoms with Gasteiger partial charge < -0.3 is 15.0 Å². The highest BCUT2D eigenvalue weighted by Crippen LogP contribution is 2.33. The van der Waals surface area contributed by atoms with Crippen molar-refractivity contribution in [3.05, 3.63) is 52.7 Å². The SMILES string of the molecule is Cc1cc(C)nc(NC2CCc3c(c4cc(F)ccc4n3CC(=O)O)C2)n1. The Morgan fingerprint density at radius 3 is 2.74 bits per heavy atom. The number of hydrogen-bond acceptors (Lipinski definition) is 4. The number of carboxylic acids is 1. The van der Waals surface area contributed by atoms with E-state index in [0.29, 0.717) is 12.4 Å². The summed E-state index contributed by atoms with van der Waals surface area (Å²) in [6.45, 7) is 3.75. The Balaban J connectivity index is 1.70. The summed E-state index contributed by atoms with van der Waals surface area (Å²) in [7, 11) is 0. The molecule has 2 heterocycles. The zero-order valence-corrected chi connectivity index (χ0v) is 15.3. The van der Waals surface area contributed by atoms with Gasteiger partial charge in [0.15, 0.2) is 0 Å². The Labute approximate surface area is 156 Å². The van der Waals surface area contributed by atoms with Crippen LogP contribution in [-0.2, 0) is 24.2 Å². The zero-order chi connectivity index (χ0) is 19.1. The van der Waals surface area contributed by atoms with Gasteiger partial charge in [-0.15, -0.1) is 0 Å². The van der Waals surface area contributed by atoms with Crippen molar-refractivity contribution in [3.8, 4) is 0 Å². The lowest BCUT2D eigenvalue weighted by Crippen LogP contribution is -2.29. The minimum atomic E-state index is -0.900. The van der Waals surface area contributed by atoms with Crippen LogP contribution >= 0.6 is 0 Å². The molecule has 4 rings (SSSR count). The van der Waals surface area contributed by atoms with Gasteiger partial charge in [0.2, 0.25) is 5.95 Å². The maximum atomic E-state index is 13.9. The molecule has 7 heteroatoms. The molecule has 0 aliphatic heterocycles. The molecule has 6 nitrogen and oxygen atoms in total. The van der Waals surface area contributed by atoms with Crippen molar-refractivity contribution in [2.24, 2.45) is 0 Å². The van der Waals surface area contributed by atoms with Gasteiger partial charge in [0, 0.05) is 34.0 Å². The molecule has 0 saturated heterocycles. The molecule has 0 saturated carbocycles. The lowest BCUT2D eigenvalue weighted by molar-refractivity contribution is -0.137. The molecule has 140 valence electrons. The molecule has 0 amide bonds.